The Morgan fingerprint density at radius 1 is 0.147 bits per heavy atom. The number of hydrogen-bond donors (Lipinski definition) is 0. The van der Waals surface area contributed by atoms with E-state index < -0.39 is 0 Å². The molecule has 0 radical (unpaired) electrons. The summed E-state index contributed by atoms with van der Waals surface area (Å²) < 4.78 is 6.53. The molecule has 29 rings (SSSR count). The maximum absolute atomic E-state index is 6.53. The minimum absolute atomic E-state index is 0.0352. The molecule has 7 heterocycles. The van der Waals surface area contributed by atoms with Crippen LogP contribution < -0.4 is 83.5 Å². The molecule has 0 saturated carbocycles. The van der Waals surface area contributed by atoms with Crippen LogP contribution in [0.15, 0.2) is 550 Å². The van der Waals surface area contributed by atoms with Crippen LogP contribution in [0.5, 0.6) is 0 Å². The van der Waals surface area contributed by atoms with E-state index >= 15 is 0 Å². The van der Waals surface area contributed by atoms with Crippen LogP contribution in [0.2, 0.25) is 0 Å². The molecule has 6 aliphatic heterocycles. The van der Waals surface area contributed by atoms with Gasteiger partial charge in [-0.1, -0.05) is 364 Å². The fourth-order valence-electron chi connectivity index (χ4n) is 23.1. The van der Waals surface area contributed by atoms with Crippen molar-refractivity contribution in [3.05, 3.63) is 546 Å². The van der Waals surface area contributed by atoms with Crippen molar-refractivity contribution in [1.82, 2.24) is 0 Å². The van der Waals surface area contributed by atoms with Gasteiger partial charge in [0.25, 0.3) is 20.1 Å². The lowest BCUT2D eigenvalue weighted by atomic mass is 9.33. The smallest absolute Gasteiger partial charge is 0.252 e. The molecule has 11 heteroatoms. The Hall–Kier alpha value is -18.6. The third-order valence-corrected chi connectivity index (χ3v) is 29.3. The van der Waals surface area contributed by atoms with E-state index in [4.69, 9.17) is 4.42 Å². The van der Waals surface area contributed by atoms with E-state index in [0.717, 1.165) is 67.4 Å². The fourth-order valence-corrected chi connectivity index (χ4v) is 23.1. The molecule has 143 heavy (non-hydrogen) atoms. The Kier molecular flexibility index (Phi) is 20.8. The van der Waals surface area contributed by atoms with E-state index in [9.17, 15) is 0 Å². The van der Waals surface area contributed by atoms with Gasteiger partial charge >= 0.3 is 0 Å². The molecule has 668 valence electrons. The highest BCUT2D eigenvalue weighted by Crippen LogP contribution is 2.52. The molecule has 0 atom stereocenters. The molecule has 1 aromatic heterocycles. The predicted molar refractivity (Wildman–Crippen MR) is 605 cm³/mol. The summed E-state index contributed by atoms with van der Waals surface area (Å²) in [7, 11) is 0. The van der Waals surface area contributed by atoms with Crippen molar-refractivity contribution in [3.8, 4) is 44.5 Å². The second kappa shape index (κ2) is 35.5. The first-order chi connectivity index (χ1) is 71.0. The molecule has 0 unspecified atom stereocenters. The third kappa shape index (κ3) is 14.4. The summed E-state index contributed by atoms with van der Waals surface area (Å²) in [4.78, 5) is 17.0. The summed E-state index contributed by atoms with van der Waals surface area (Å²) in [5.41, 5.74) is 48.0. The van der Waals surface area contributed by atoms with Gasteiger partial charge in [0, 0.05) is 136 Å². The molecule has 23 aromatic rings. The zero-order valence-electron chi connectivity index (χ0n) is 78.2. The maximum Gasteiger partial charge on any atom is 0.252 e. The minimum atomic E-state index is 0.0352. The van der Waals surface area contributed by atoms with Crippen LogP contribution in [-0.2, 0) is 0 Å². The Labute approximate surface area is 833 Å². The van der Waals surface area contributed by atoms with Crippen LogP contribution in [0.1, 0.15) is 0 Å². The van der Waals surface area contributed by atoms with E-state index in [0.29, 0.717) is 0 Å². The highest BCUT2D eigenvalue weighted by molar-refractivity contribution is 7.02. The largest absolute Gasteiger partial charge is 0.456 e. The Morgan fingerprint density at radius 2 is 0.392 bits per heavy atom. The van der Waals surface area contributed by atoms with Gasteiger partial charge in [0.15, 0.2) is 0 Å². The second-order valence-electron chi connectivity index (χ2n) is 37.3. The molecule has 0 spiro atoms. The van der Waals surface area contributed by atoms with Gasteiger partial charge in [0.05, 0.1) is 0 Å². The van der Waals surface area contributed by atoms with E-state index in [1.807, 2.05) is 6.07 Å². The van der Waals surface area contributed by atoms with Crippen molar-refractivity contribution >= 4 is 211 Å². The van der Waals surface area contributed by atoms with Crippen LogP contribution in [0, 0.1) is 0 Å². The molecule has 0 amide bonds. The number of para-hydroxylation sites is 9. The number of benzene rings is 22. The number of furan rings is 1. The van der Waals surface area contributed by atoms with E-state index in [1.54, 1.807) is 0 Å². The average Bonchev–Trinajstić information content (AvgIpc) is 1.65. The van der Waals surface area contributed by atoms with Crippen LogP contribution in [0.3, 0.4) is 0 Å². The summed E-state index contributed by atoms with van der Waals surface area (Å²) in [6.07, 6.45) is 0. The Balaban J connectivity index is 0.000000111. The van der Waals surface area contributed by atoms with Gasteiger partial charge < -0.3 is 38.7 Å². The topological polar surface area (TPSA) is 35.8 Å². The lowest BCUT2D eigenvalue weighted by Crippen LogP contribution is -2.61. The molecule has 0 N–H and O–H groups in total. The van der Waals surface area contributed by atoms with Crippen LogP contribution >= 0.6 is 0 Å². The first kappa shape index (κ1) is 83.8. The van der Waals surface area contributed by atoms with Crippen LogP contribution in [-0.4, -0.2) is 20.1 Å². The minimum Gasteiger partial charge on any atom is -0.456 e. The monoisotopic (exact) mass is 1820 g/mol. The predicted octanol–water partition coefficient (Wildman–Crippen LogP) is 29.3. The maximum atomic E-state index is 6.53. The van der Waals surface area contributed by atoms with Gasteiger partial charge in [-0.3, -0.25) is 0 Å². The van der Waals surface area contributed by atoms with Crippen molar-refractivity contribution in [3.63, 3.8) is 0 Å². The van der Waals surface area contributed by atoms with Gasteiger partial charge in [-0.05, 0) is 270 Å². The molecular weight excluding hydrogens is 1730 g/mol. The molecule has 22 aromatic carbocycles. The zero-order chi connectivity index (χ0) is 94.4. The quantitative estimate of drug-likeness (QED) is 0.106. The number of rotatable bonds is 13. The van der Waals surface area contributed by atoms with Crippen LogP contribution in [0.4, 0.5) is 119 Å². The number of hydrogen-bond acceptors (Lipinski definition) is 8. The van der Waals surface area contributed by atoms with Gasteiger partial charge in [-0.25, -0.2) is 0 Å². The standard InChI is InChI=1S/C54H38BN3.C48H31BN2O.C30H21BN2/c1-5-16-39(17-6-1)41-28-32-45(33-29-41)57-50-25-14-13-24-48(50)55-49-37-36-47(56(43-20-9-3-10-21-43)44-22-11-4-12-23-44)38-53(49)58(52-27-15-26-51(57)54(52)55)46-34-30-42(31-35-46)40-18-7-2-8-19-40;1-3-12-32(13-4-1)34-22-26-36(27-23-34)50-42-18-9-8-17-40(42)49-41-30-39-38-16-7-10-21-46(38)52-47(39)31-45(41)51(44-20-11-19-43(50)48(44)49)37-28-24-35(25-29-37)33-14-5-2-6-15-33;1-3-12-22(13-4-1)32-26-18-9-7-16-24(26)31-25-17-8-10-19-27(25)33(23-14-5-2-6-15-23)29-21-11-20-28(32)30(29)31/h1-38H;1-31H;1-21H. The summed E-state index contributed by atoms with van der Waals surface area (Å²) in [5, 5.41) is 2.29. The van der Waals surface area contributed by atoms with Crippen molar-refractivity contribution in [2.45, 2.75) is 0 Å². The van der Waals surface area contributed by atoms with Crippen molar-refractivity contribution < 1.29 is 4.42 Å². The van der Waals surface area contributed by atoms with Crippen molar-refractivity contribution in [1.29, 1.82) is 0 Å². The first-order valence-electron chi connectivity index (χ1n) is 49.3. The Morgan fingerprint density at radius 3 is 0.727 bits per heavy atom. The van der Waals surface area contributed by atoms with Crippen molar-refractivity contribution in [2.75, 3.05) is 34.3 Å². The summed E-state index contributed by atoms with van der Waals surface area (Å²) >= 11 is 0. The molecule has 0 fully saturated rings. The highest BCUT2D eigenvalue weighted by Gasteiger charge is 2.48. The summed E-state index contributed by atoms with van der Waals surface area (Å²) in [6.45, 7) is 0.270. The first-order valence-corrected chi connectivity index (χ1v) is 49.3. The molecule has 8 nitrogen and oxygen atoms in total. The van der Waals surface area contributed by atoms with Gasteiger partial charge in [0.2, 0.25) is 0 Å². The summed E-state index contributed by atoms with van der Waals surface area (Å²) in [5.74, 6) is 0. The fraction of sp³-hybridized carbons (Fsp3) is 0. The van der Waals surface area contributed by atoms with Crippen LogP contribution in [0.25, 0.3) is 66.4 Å². The zero-order valence-corrected chi connectivity index (χ0v) is 78.2. The normalized spacial score (nSPS) is 12.8. The van der Waals surface area contributed by atoms with Gasteiger partial charge in [-0.2, -0.15) is 0 Å². The lowest BCUT2D eigenvalue weighted by Gasteiger charge is -2.44. The lowest BCUT2D eigenvalue weighted by molar-refractivity contribution is 0.669. The molecule has 0 saturated heterocycles. The van der Waals surface area contributed by atoms with Gasteiger partial charge in [0.1, 0.15) is 11.2 Å². The van der Waals surface area contributed by atoms with E-state index in [2.05, 4.69) is 574 Å². The highest BCUT2D eigenvalue weighted by atomic mass is 16.3. The summed E-state index contributed by atoms with van der Waals surface area (Å²) in [6, 6.07) is 197. The number of anilines is 21. The second-order valence-corrected chi connectivity index (χ2v) is 37.3. The molecule has 6 aliphatic rings. The molecule has 0 aliphatic carbocycles. The van der Waals surface area contributed by atoms with E-state index in [1.165, 1.54) is 168 Å². The average molecular weight is 1820 g/mol. The van der Waals surface area contributed by atoms with E-state index in [-0.39, 0.29) is 20.1 Å². The number of nitrogens with zero attached hydrogens (tertiary/aromatic N) is 7. The third-order valence-electron chi connectivity index (χ3n) is 29.3. The Bertz CT molecular complexity index is 8590. The molecular formula is C132H90B3N7O. The number of fused-ring (bicyclic) bond motifs is 15. The SMILES string of the molecule is c1ccc(-c2ccc(N3c4ccccc4B4c5cc6c(cc5N(c5ccc(-c7ccccc7)cc5)c5cccc3c54)oc3ccccc36)cc2)cc1.c1ccc(-c2ccc(N3c4ccccc4B4c5ccc(N(c6ccccc6)c6ccccc6)cc5N(c5ccc(-c6ccccc6)cc5)c5cccc3c54)cc2)cc1.c1ccc(N2c3ccccc3B3c4ccccc4N(c4ccccc4)c4cccc2c43)cc1. The molecule has 0 bridgehead atoms. The van der Waals surface area contributed by atoms with Crippen molar-refractivity contribution in [2.24, 2.45) is 0 Å². The van der Waals surface area contributed by atoms with Gasteiger partial charge in [-0.15, -0.1) is 0 Å².